The van der Waals surface area contributed by atoms with Crippen LogP contribution in [-0.2, 0) is 4.74 Å². The van der Waals surface area contributed by atoms with E-state index < -0.39 is 18.2 Å². The maximum atomic E-state index is 11.6. The van der Waals surface area contributed by atoms with Crippen molar-refractivity contribution >= 4 is 6.09 Å². The normalized spacial score (nSPS) is 13.4. The summed E-state index contributed by atoms with van der Waals surface area (Å²) in [6, 6.07) is 8.70. The first-order chi connectivity index (χ1) is 9.19. The molecule has 0 aliphatic rings. The quantitative estimate of drug-likeness (QED) is 0.587. The minimum Gasteiger partial charge on any atom is -0.450 e. The lowest BCUT2D eigenvalue weighted by atomic mass is 10.0. The van der Waals surface area contributed by atoms with Crippen molar-refractivity contribution in [1.82, 2.24) is 5.32 Å². The molecule has 19 heavy (non-hydrogen) atoms. The third kappa shape index (κ3) is 5.14. The smallest absolute Gasteiger partial charge is 0.407 e. The summed E-state index contributed by atoms with van der Waals surface area (Å²) in [6.07, 6.45) is 1.80. The number of unbranched alkanes of at least 4 members (excludes halogenated alkanes) is 1. The van der Waals surface area contributed by atoms with Gasteiger partial charge in [0.05, 0.1) is 18.8 Å². The molecule has 0 saturated heterocycles. The molecule has 0 aliphatic heterocycles. The zero-order valence-corrected chi connectivity index (χ0v) is 11.2. The van der Waals surface area contributed by atoms with E-state index in [4.69, 9.17) is 4.74 Å². The van der Waals surface area contributed by atoms with Crippen molar-refractivity contribution in [2.75, 3.05) is 6.61 Å². The highest BCUT2D eigenvalue weighted by Crippen LogP contribution is 2.17. The number of aliphatic hydroxyl groups is 1. The van der Waals surface area contributed by atoms with Crippen LogP contribution < -0.4 is 5.32 Å². The fraction of sp³-hybridized carbons (Fsp3) is 0.400. The molecular formula is C15H21NO3. The van der Waals surface area contributed by atoms with Gasteiger partial charge >= 0.3 is 6.09 Å². The Kier molecular flexibility index (Phi) is 6.68. The van der Waals surface area contributed by atoms with Crippen LogP contribution in [0.15, 0.2) is 43.0 Å². The predicted octanol–water partition coefficient (Wildman–Crippen LogP) is 2.80. The van der Waals surface area contributed by atoms with E-state index in [1.165, 1.54) is 6.08 Å². The molecule has 0 aromatic heterocycles. The number of nitrogens with one attached hydrogen (secondary N) is 1. The second-order valence-corrected chi connectivity index (χ2v) is 4.25. The Morgan fingerprint density at radius 3 is 2.74 bits per heavy atom. The Morgan fingerprint density at radius 1 is 1.47 bits per heavy atom. The van der Waals surface area contributed by atoms with Gasteiger partial charge in [-0.1, -0.05) is 49.8 Å². The van der Waals surface area contributed by atoms with Crippen LogP contribution in [0.2, 0.25) is 0 Å². The summed E-state index contributed by atoms with van der Waals surface area (Å²) in [7, 11) is 0. The van der Waals surface area contributed by atoms with Crippen LogP contribution in [0.25, 0.3) is 0 Å². The molecule has 1 amide bonds. The van der Waals surface area contributed by atoms with Crippen LogP contribution in [0.4, 0.5) is 4.79 Å². The fourth-order valence-electron chi connectivity index (χ4n) is 1.64. The highest BCUT2D eigenvalue weighted by Gasteiger charge is 2.21. The van der Waals surface area contributed by atoms with Gasteiger partial charge in [0.1, 0.15) is 0 Å². The first-order valence-corrected chi connectivity index (χ1v) is 6.48. The number of hydrogen-bond donors (Lipinski definition) is 2. The number of aliphatic hydroxyl groups excluding tert-OH is 1. The van der Waals surface area contributed by atoms with Crippen molar-refractivity contribution in [3.05, 3.63) is 48.6 Å². The van der Waals surface area contributed by atoms with E-state index in [1.807, 2.05) is 37.3 Å². The SMILES string of the molecule is C=C[C@H](O)[C@@H](NC(=O)OCCCC)c1ccccc1. The van der Waals surface area contributed by atoms with E-state index in [2.05, 4.69) is 11.9 Å². The van der Waals surface area contributed by atoms with Gasteiger partial charge in [-0.3, -0.25) is 0 Å². The second-order valence-electron chi connectivity index (χ2n) is 4.25. The van der Waals surface area contributed by atoms with Gasteiger partial charge in [-0.25, -0.2) is 4.79 Å². The van der Waals surface area contributed by atoms with Crippen molar-refractivity contribution in [3.8, 4) is 0 Å². The van der Waals surface area contributed by atoms with Crippen LogP contribution in [0.1, 0.15) is 31.4 Å². The molecule has 2 N–H and O–H groups in total. The van der Waals surface area contributed by atoms with Gasteiger partial charge in [-0.15, -0.1) is 6.58 Å². The van der Waals surface area contributed by atoms with Crippen LogP contribution in [0.3, 0.4) is 0 Å². The standard InChI is InChI=1S/C15H21NO3/c1-3-5-11-19-15(18)16-14(13(17)4-2)12-9-7-6-8-10-12/h4,6-10,13-14,17H,2-3,5,11H2,1H3,(H,16,18)/t13-,14-/m0/s1. The lowest BCUT2D eigenvalue weighted by Gasteiger charge is -2.22. The zero-order valence-electron chi connectivity index (χ0n) is 11.2. The summed E-state index contributed by atoms with van der Waals surface area (Å²) in [5.41, 5.74) is 0.808. The molecule has 0 spiro atoms. The number of ether oxygens (including phenoxy) is 1. The average Bonchev–Trinajstić information content (AvgIpc) is 2.45. The van der Waals surface area contributed by atoms with Crippen LogP contribution in [0.5, 0.6) is 0 Å². The van der Waals surface area contributed by atoms with Gasteiger partial charge in [0.25, 0.3) is 0 Å². The molecule has 0 saturated carbocycles. The number of hydrogen-bond acceptors (Lipinski definition) is 3. The van der Waals surface area contributed by atoms with Crippen molar-refractivity contribution in [2.45, 2.75) is 31.9 Å². The Balaban J connectivity index is 2.66. The minimum atomic E-state index is -0.860. The molecule has 4 heteroatoms. The summed E-state index contributed by atoms with van der Waals surface area (Å²) in [6.45, 7) is 5.95. The Labute approximate surface area is 114 Å². The third-order valence-electron chi connectivity index (χ3n) is 2.75. The number of rotatable bonds is 7. The molecule has 1 rings (SSSR count). The second kappa shape index (κ2) is 8.32. The van der Waals surface area contributed by atoms with E-state index in [1.54, 1.807) is 0 Å². The molecule has 0 radical (unpaired) electrons. The molecule has 1 aromatic carbocycles. The average molecular weight is 263 g/mol. The molecule has 1 aromatic rings. The van der Waals surface area contributed by atoms with Crippen molar-refractivity contribution in [2.24, 2.45) is 0 Å². The molecule has 0 aliphatic carbocycles. The predicted molar refractivity (Wildman–Crippen MR) is 74.8 cm³/mol. The van der Waals surface area contributed by atoms with Gasteiger partial charge < -0.3 is 15.2 Å². The number of carbonyl (C=O) groups excluding carboxylic acids is 1. The highest BCUT2D eigenvalue weighted by molar-refractivity contribution is 5.68. The summed E-state index contributed by atoms with van der Waals surface area (Å²) in [5, 5.41) is 12.6. The van der Waals surface area contributed by atoms with Gasteiger partial charge in [0.2, 0.25) is 0 Å². The Morgan fingerprint density at radius 2 is 2.16 bits per heavy atom. The number of alkyl carbamates (subject to hydrolysis) is 1. The number of carbonyl (C=O) groups is 1. The summed E-state index contributed by atoms with van der Waals surface area (Å²) in [5.74, 6) is 0. The molecule has 2 atom stereocenters. The van der Waals surface area contributed by atoms with Crippen LogP contribution in [-0.4, -0.2) is 23.9 Å². The van der Waals surface area contributed by atoms with Gasteiger partial charge in [-0.2, -0.15) is 0 Å². The first kappa shape index (κ1) is 15.2. The van der Waals surface area contributed by atoms with Gasteiger partial charge in [0.15, 0.2) is 0 Å². The summed E-state index contributed by atoms with van der Waals surface area (Å²) < 4.78 is 5.03. The molecule has 4 nitrogen and oxygen atoms in total. The largest absolute Gasteiger partial charge is 0.450 e. The van der Waals surface area contributed by atoms with E-state index >= 15 is 0 Å². The summed E-state index contributed by atoms with van der Waals surface area (Å²) in [4.78, 5) is 11.6. The monoisotopic (exact) mass is 263 g/mol. The Hall–Kier alpha value is -1.81. The van der Waals surface area contributed by atoms with E-state index in [0.717, 1.165) is 18.4 Å². The van der Waals surface area contributed by atoms with E-state index in [-0.39, 0.29) is 0 Å². The van der Waals surface area contributed by atoms with Gasteiger partial charge in [-0.05, 0) is 12.0 Å². The topological polar surface area (TPSA) is 58.6 Å². The van der Waals surface area contributed by atoms with E-state index in [9.17, 15) is 9.90 Å². The van der Waals surface area contributed by atoms with Crippen molar-refractivity contribution in [1.29, 1.82) is 0 Å². The molecule has 0 bridgehead atoms. The Bertz CT molecular complexity index is 392. The lowest BCUT2D eigenvalue weighted by molar-refractivity contribution is 0.122. The molecular weight excluding hydrogens is 242 g/mol. The van der Waals surface area contributed by atoms with Crippen LogP contribution in [0, 0.1) is 0 Å². The van der Waals surface area contributed by atoms with Crippen molar-refractivity contribution < 1.29 is 14.6 Å². The number of amides is 1. The summed E-state index contributed by atoms with van der Waals surface area (Å²) >= 11 is 0. The van der Waals surface area contributed by atoms with Gasteiger partial charge in [0, 0.05) is 0 Å². The third-order valence-corrected chi connectivity index (χ3v) is 2.75. The molecule has 0 heterocycles. The van der Waals surface area contributed by atoms with Crippen LogP contribution >= 0.6 is 0 Å². The number of benzene rings is 1. The lowest BCUT2D eigenvalue weighted by Crippen LogP contribution is -2.35. The minimum absolute atomic E-state index is 0.383. The maximum absolute atomic E-state index is 11.6. The highest BCUT2D eigenvalue weighted by atomic mass is 16.5. The molecule has 104 valence electrons. The first-order valence-electron chi connectivity index (χ1n) is 6.48. The van der Waals surface area contributed by atoms with E-state index in [0.29, 0.717) is 6.61 Å². The van der Waals surface area contributed by atoms with Crippen molar-refractivity contribution in [3.63, 3.8) is 0 Å². The molecule has 0 fully saturated rings. The maximum Gasteiger partial charge on any atom is 0.407 e. The fourth-order valence-corrected chi connectivity index (χ4v) is 1.64. The zero-order chi connectivity index (χ0) is 14.1. The molecule has 0 unspecified atom stereocenters.